The van der Waals surface area contributed by atoms with Gasteiger partial charge < -0.3 is 10.4 Å². The number of carboxylic acids is 1. The number of hydrogen-bond acceptors (Lipinski definition) is 3. The van der Waals surface area contributed by atoms with Gasteiger partial charge in [0.2, 0.25) is 0 Å². The number of pyridine rings is 1. The van der Waals surface area contributed by atoms with Crippen molar-refractivity contribution in [2.75, 3.05) is 13.1 Å². The Hall–Kier alpha value is -1.42. The number of carbonyl (C=O) groups is 1. The van der Waals surface area contributed by atoms with Gasteiger partial charge in [-0.3, -0.25) is 0 Å². The number of nitrogens with one attached hydrogen (secondary N) is 1. The highest BCUT2D eigenvalue weighted by Gasteiger charge is 2.16. The third-order valence-electron chi connectivity index (χ3n) is 2.81. The van der Waals surface area contributed by atoms with Gasteiger partial charge in [0, 0.05) is 6.20 Å². The lowest BCUT2D eigenvalue weighted by Crippen LogP contribution is -2.26. The topological polar surface area (TPSA) is 62.2 Å². The second-order valence-electron chi connectivity index (χ2n) is 3.80. The maximum Gasteiger partial charge on any atom is 0.354 e. The van der Waals surface area contributed by atoms with Gasteiger partial charge in [-0.05, 0) is 49.5 Å². The second-order valence-corrected chi connectivity index (χ2v) is 3.80. The van der Waals surface area contributed by atoms with E-state index in [4.69, 9.17) is 5.11 Å². The largest absolute Gasteiger partial charge is 0.477 e. The van der Waals surface area contributed by atoms with Gasteiger partial charge in [0.15, 0.2) is 0 Å². The van der Waals surface area contributed by atoms with Crippen LogP contribution in [-0.2, 0) is 0 Å². The second kappa shape index (κ2) is 4.40. The highest BCUT2D eigenvalue weighted by Crippen LogP contribution is 2.24. The average molecular weight is 206 g/mol. The van der Waals surface area contributed by atoms with E-state index in [0.717, 1.165) is 31.5 Å². The van der Waals surface area contributed by atoms with Crippen LogP contribution in [-0.4, -0.2) is 29.1 Å². The van der Waals surface area contributed by atoms with Crippen molar-refractivity contribution in [1.82, 2.24) is 10.3 Å². The molecule has 1 aromatic heterocycles. The van der Waals surface area contributed by atoms with Crippen molar-refractivity contribution in [2.24, 2.45) is 0 Å². The molecule has 0 unspecified atom stereocenters. The molecular formula is C11H14N2O2. The van der Waals surface area contributed by atoms with E-state index < -0.39 is 5.97 Å². The lowest BCUT2D eigenvalue weighted by molar-refractivity contribution is 0.0690. The summed E-state index contributed by atoms with van der Waals surface area (Å²) in [5.41, 5.74) is 1.25. The zero-order valence-corrected chi connectivity index (χ0v) is 8.44. The minimum Gasteiger partial charge on any atom is -0.477 e. The first kappa shape index (κ1) is 10.1. The number of piperidine rings is 1. The molecule has 0 saturated carbocycles. The monoisotopic (exact) mass is 206 g/mol. The number of aromatic carboxylic acids is 1. The van der Waals surface area contributed by atoms with Crippen molar-refractivity contribution in [3.05, 3.63) is 29.6 Å². The molecule has 1 aliphatic rings. The Morgan fingerprint density at radius 1 is 1.47 bits per heavy atom. The van der Waals surface area contributed by atoms with Gasteiger partial charge >= 0.3 is 5.97 Å². The smallest absolute Gasteiger partial charge is 0.354 e. The first-order valence-electron chi connectivity index (χ1n) is 5.17. The summed E-state index contributed by atoms with van der Waals surface area (Å²) >= 11 is 0. The Kier molecular flexibility index (Phi) is 2.97. The molecule has 1 saturated heterocycles. The van der Waals surface area contributed by atoms with Crippen molar-refractivity contribution in [1.29, 1.82) is 0 Å². The van der Waals surface area contributed by atoms with Crippen molar-refractivity contribution in [2.45, 2.75) is 18.8 Å². The van der Waals surface area contributed by atoms with E-state index in [2.05, 4.69) is 10.3 Å². The molecule has 0 aromatic carbocycles. The van der Waals surface area contributed by atoms with Crippen LogP contribution < -0.4 is 5.32 Å². The third-order valence-corrected chi connectivity index (χ3v) is 2.81. The van der Waals surface area contributed by atoms with Crippen LogP contribution in [0.4, 0.5) is 0 Å². The summed E-state index contributed by atoms with van der Waals surface area (Å²) in [5.74, 6) is -0.474. The van der Waals surface area contributed by atoms with Crippen LogP contribution in [0.25, 0.3) is 0 Å². The van der Waals surface area contributed by atoms with Crippen molar-refractivity contribution in [3.8, 4) is 0 Å². The lowest BCUT2D eigenvalue weighted by Gasteiger charge is -2.22. The van der Waals surface area contributed by atoms with Gasteiger partial charge in [0.05, 0.1) is 0 Å². The molecule has 0 bridgehead atoms. The van der Waals surface area contributed by atoms with Crippen LogP contribution >= 0.6 is 0 Å². The van der Waals surface area contributed by atoms with Crippen molar-refractivity contribution in [3.63, 3.8) is 0 Å². The Bertz CT molecular complexity index is 359. The lowest BCUT2D eigenvalue weighted by atomic mass is 9.90. The Morgan fingerprint density at radius 2 is 2.20 bits per heavy atom. The summed E-state index contributed by atoms with van der Waals surface area (Å²) in [6.07, 6.45) is 3.73. The quantitative estimate of drug-likeness (QED) is 0.764. The molecule has 2 N–H and O–H groups in total. The molecule has 0 radical (unpaired) electrons. The normalized spacial score (nSPS) is 17.6. The zero-order valence-electron chi connectivity index (χ0n) is 8.44. The van der Waals surface area contributed by atoms with Crippen LogP contribution in [0.3, 0.4) is 0 Å². The van der Waals surface area contributed by atoms with E-state index >= 15 is 0 Å². The summed E-state index contributed by atoms with van der Waals surface area (Å²) in [6.45, 7) is 2.02. The minimum atomic E-state index is -0.953. The number of hydrogen-bond donors (Lipinski definition) is 2. The molecule has 0 atom stereocenters. The van der Waals surface area contributed by atoms with Crippen LogP contribution in [0.2, 0.25) is 0 Å². The molecule has 1 aromatic rings. The predicted molar refractivity (Wildman–Crippen MR) is 56.0 cm³/mol. The van der Waals surface area contributed by atoms with Crippen LogP contribution in [0.5, 0.6) is 0 Å². The molecule has 1 aliphatic heterocycles. The van der Waals surface area contributed by atoms with Crippen LogP contribution in [0.1, 0.15) is 34.8 Å². The predicted octanol–water partition coefficient (Wildman–Crippen LogP) is 1.25. The highest BCUT2D eigenvalue weighted by molar-refractivity contribution is 5.85. The number of aromatic nitrogens is 1. The molecule has 2 rings (SSSR count). The summed E-state index contributed by atoms with van der Waals surface area (Å²) in [5, 5.41) is 12.1. The van der Waals surface area contributed by atoms with Gasteiger partial charge in [-0.2, -0.15) is 0 Å². The first-order valence-corrected chi connectivity index (χ1v) is 5.17. The summed E-state index contributed by atoms with van der Waals surface area (Å²) < 4.78 is 0. The molecule has 0 amide bonds. The third kappa shape index (κ3) is 2.33. The highest BCUT2D eigenvalue weighted by atomic mass is 16.4. The SMILES string of the molecule is O=C(O)c1cc(C2CCNCC2)ccn1. The fourth-order valence-electron chi connectivity index (χ4n) is 1.97. The van der Waals surface area contributed by atoms with Gasteiger partial charge in [-0.1, -0.05) is 0 Å². The molecule has 2 heterocycles. The van der Waals surface area contributed by atoms with E-state index in [-0.39, 0.29) is 5.69 Å². The number of carboxylic acid groups (broad SMARTS) is 1. The van der Waals surface area contributed by atoms with Gasteiger partial charge in [-0.15, -0.1) is 0 Å². The molecule has 1 fully saturated rings. The van der Waals surface area contributed by atoms with E-state index in [1.807, 2.05) is 6.07 Å². The summed E-state index contributed by atoms with van der Waals surface area (Å²) in [6, 6.07) is 3.61. The number of nitrogens with zero attached hydrogens (tertiary/aromatic N) is 1. The molecule has 4 nitrogen and oxygen atoms in total. The summed E-state index contributed by atoms with van der Waals surface area (Å²) in [7, 11) is 0. The minimum absolute atomic E-state index is 0.144. The zero-order chi connectivity index (χ0) is 10.7. The Morgan fingerprint density at radius 3 is 2.87 bits per heavy atom. The molecule has 4 heteroatoms. The number of rotatable bonds is 2. The van der Waals surface area contributed by atoms with E-state index in [0.29, 0.717) is 5.92 Å². The van der Waals surface area contributed by atoms with Crippen molar-refractivity contribution >= 4 is 5.97 Å². The summed E-state index contributed by atoms with van der Waals surface area (Å²) in [4.78, 5) is 14.6. The van der Waals surface area contributed by atoms with E-state index in [1.165, 1.54) is 0 Å². The van der Waals surface area contributed by atoms with Gasteiger partial charge in [0.25, 0.3) is 0 Å². The van der Waals surface area contributed by atoms with Crippen molar-refractivity contribution < 1.29 is 9.90 Å². The Balaban J connectivity index is 2.19. The maximum atomic E-state index is 10.8. The standard InChI is InChI=1S/C11H14N2O2/c14-11(15)10-7-9(3-6-13-10)8-1-4-12-5-2-8/h3,6-8,12H,1-2,4-5H2,(H,14,15). The van der Waals surface area contributed by atoms with Gasteiger partial charge in [0.1, 0.15) is 5.69 Å². The average Bonchev–Trinajstić information content (AvgIpc) is 2.30. The van der Waals surface area contributed by atoms with E-state index in [9.17, 15) is 4.79 Å². The Labute approximate surface area is 88.3 Å². The van der Waals surface area contributed by atoms with Gasteiger partial charge in [-0.25, -0.2) is 9.78 Å². The van der Waals surface area contributed by atoms with Crippen LogP contribution in [0, 0.1) is 0 Å². The first-order chi connectivity index (χ1) is 7.27. The van der Waals surface area contributed by atoms with Crippen LogP contribution in [0.15, 0.2) is 18.3 Å². The molecule has 0 aliphatic carbocycles. The molecule has 0 spiro atoms. The maximum absolute atomic E-state index is 10.8. The fraction of sp³-hybridized carbons (Fsp3) is 0.455. The molecular weight excluding hydrogens is 192 g/mol. The molecule has 80 valence electrons. The fourth-order valence-corrected chi connectivity index (χ4v) is 1.97. The molecule has 15 heavy (non-hydrogen) atoms. The van der Waals surface area contributed by atoms with E-state index in [1.54, 1.807) is 12.3 Å².